The lowest BCUT2D eigenvalue weighted by Crippen LogP contribution is -1.83. The van der Waals surface area contributed by atoms with E-state index in [9.17, 15) is 0 Å². The van der Waals surface area contributed by atoms with Crippen molar-refractivity contribution in [2.45, 2.75) is 0 Å². The van der Waals surface area contributed by atoms with E-state index in [4.69, 9.17) is 4.74 Å². The van der Waals surface area contributed by atoms with Crippen LogP contribution in [0, 0.1) is 6.07 Å². The Bertz CT molecular complexity index is 235. The Balaban J connectivity index is 3.14. The third kappa shape index (κ3) is 1.52. The Morgan fingerprint density at radius 1 is 1.50 bits per heavy atom. The SMILES string of the molecule is COc1cc[c]c(Br)c1Br. The molecule has 10 heavy (non-hydrogen) atoms. The lowest BCUT2D eigenvalue weighted by atomic mass is 10.3. The van der Waals surface area contributed by atoms with Crippen LogP contribution < -0.4 is 4.74 Å². The van der Waals surface area contributed by atoms with Crippen molar-refractivity contribution in [3.8, 4) is 5.75 Å². The van der Waals surface area contributed by atoms with Crippen LogP contribution in [0.15, 0.2) is 21.1 Å². The summed E-state index contributed by atoms with van der Waals surface area (Å²) in [6.45, 7) is 0. The Hall–Kier alpha value is -0.0200. The molecule has 0 fully saturated rings. The van der Waals surface area contributed by atoms with E-state index in [1.165, 1.54) is 0 Å². The van der Waals surface area contributed by atoms with Gasteiger partial charge in [-0.15, -0.1) is 0 Å². The van der Waals surface area contributed by atoms with E-state index in [-0.39, 0.29) is 0 Å². The van der Waals surface area contributed by atoms with Crippen molar-refractivity contribution in [3.05, 3.63) is 27.1 Å². The van der Waals surface area contributed by atoms with E-state index in [1.807, 2.05) is 6.07 Å². The maximum Gasteiger partial charge on any atom is 0.134 e. The summed E-state index contributed by atoms with van der Waals surface area (Å²) in [7, 11) is 1.63. The number of rotatable bonds is 1. The summed E-state index contributed by atoms with van der Waals surface area (Å²) in [4.78, 5) is 0. The van der Waals surface area contributed by atoms with Crippen LogP contribution >= 0.6 is 31.9 Å². The van der Waals surface area contributed by atoms with Crippen LogP contribution in [0.2, 0.25) is 0 Å². The minimum atomic E-state index is 0.811. The molecular weight excluding hydrogens is 260 g/mol. The fraction of sp³-hybridized carbons (Fsp3) is 0.143. The van der Waals surface area contributed by atoms with Crippen LogP contribution in [0.3, 0.4) is 0 Å². The second-order valence-corrected chi connectivity index (χ2v) is 3.26. The molecule has 0 bridgehead atoms. The highest BCUT2D eigenvalue weighted by Crippen LogP contribution is 2.31. The first-order valence-corrected chi connectivity index (χ1v) is 4.24. The molecule has 0 unspecified atom stereocenters. The first-order valence-electron chi connectivity index (χ1n) is 2.65. The molecule has 0 aliphatic heterocycles. The fourth-order valence-corrected chi connectivity index (χ4v) is 1.33. The number of halogens is 2. The summed E-state index contributed by atoms with van der Waals surface area (Å²) in [5, 5.41) is 0. The highest BCUT2D eigenvalue weighted by molar-refractivity contribution is 9.13. The molecular formula is C7H5Br2O. The van der Waals surface area contributed by atoms with Crippen molar-refractivity contribution < 1.29 is 4.74 Å². The van der Waals surface area contributed by atoms with Gasteiger partial charge in [-0.05, 0) is 50.1 Å². The minimum Gasteiger partial charge on any atom is -0.496 e. The standard InChI is InChI=1S/C7H5Br2O/c1-10-6-4-2-3-5(8)7(6)9/h2,4H,1H3. The van der Waals surface area contributed by atoms with Crippen LogP contribution in [0.5, 0.6) is 5.75 Å². The van der Waals surface area contributed by atoms with Gasteiger partial charge in [0.25, 0.3) is 0 Å². The predicted molar refractivity (Wildman–Crippen MR) is 47.2 cm³/mol. The van der Waals surface area contributed by atoms with Crippen molar-refractivity contribution in [2.24, 2.45) is 0 Å². The first-order chi connectivity index (χ1) is 4.75. The Morgan fingerprint density at radius 2 is 2.20 bits per heavy atom. The zero-order chi connectivity index (χ0) is 7.56. The summed E-state index contributed by atoms with van der Waals surface area (Å²) in [6, 6.07) is 6.61. The molecule has 0 aliphatic rings. The molecule has 0 aliphatic carbocycles. The zero-order valence-electron chi connectivity index (χ0n) is 5.32. The van der Waals surface area contributed by atoms with E-state index in [0.717, 1.165) is 14.7 Å². The van der Waals surface area contributed by atoms with Crippen LogP contribution in [0.25, 0.3) is 0 Å². The van der Waals surface area contributed by atoms with E-state index < -0.39 is 0 Å². The van der Waals surface area contributed by atoms with Gasteiger partial charge in [0, 0.05) is 4.47 Å². The third-order valence-corrected chi connectivity index (χ3v) is 3.02. The Morgan fingerprint density at radius 3 is 2.70 bits per heavy atom. The van der Waals surface area contributed by atoms with E-state index in [0.29, 0.717) is 0 Å². The second kappa shape index (κ2) is 3.39. The molecule has 1 aromatic rings. The monoisotopic (exact) mass is 263 g/mol. The quantitative estimate of drug-likeness (QED) is 0.758. The lowest BCUT2D eigenvalue weighted by Gasteiger charge is -2.02. The van der Waals surface area contributed by atoms with Crippen molar-refractivity contribution in [3.63, 3.8) is 0 Å². The van der Waals surface area contributed by atoms with Gasteiger partial charge in [-0.3, -0.25) is 0 Å². The van der Waals surface area contributed by atoms with E-state index >= 15 is 0 Å². The molecule has 53 valence electrons. The van der Waals surface area contributed by atoms with Crippen LogP contribution in [0.4, 0.5) is 0 Å². The molecule has 0 saturated heterocycles. The number of benzene rings is 1. The van der Waals surface area contributed by atoms with Crippen LogP contribution in [-0.4, -0.2) is 7.11 Å². The number of hydrogen-bond donors (Lipinski definition) is 0. The van der Waals surface area contributed by atoms with Crippen molar-refractivity contribution in [2.75, 3.05) is 7.11 Å². The topological polar surface area (TPSA) is 9.23 Å². The minimum absolute atomic E-state index is 0.811. The molecule has 0 spiro atoms. The van der Waals surface area contributed by atoms with Gasteiger partial charge in [0.15, 0.2) is 0 Å². The van der Waals surface area contributed by atoms with Crippen molar-refractivity contribution in [1.82, 2.24) is 0 Å². The number of methoxy groups -OCH3 is 1. The highest BCUT2D eigenvalue weighted by Gasteiger charge is 2.01. The van der Waals surface area contributed by atoms with Gasteiger partial charge in [0.2, 0.25) is 0 Å². The molecule has 0 saturated carbocycles. The molecule has 0 atom stereocenters. The predicted octanol–water partition coefficient (Wildman–Crippen LogP) is 3.02. The van der Waals surface area contributed by atoms with Crippen molar-refractivity contribution in [1.29, 1.82) is 0 Å². The summed E-state index contributed by atoms with van der Waals surface area (Å²) in [5.41, 5.74) is 0. The number of ether oxygens (including phenoxy) is 1. The Kier molecular flexibility index (Phi) is 2.74. The van der Waals surface area contributed by atoms with Gasteiger partial charge in [-0.1, -0.05) is 0 Å². The fourth-order valence-electron chi connectivity index (χ4n) is 0.593. The van der Waals surface area contributed by atoms with Crippen LogP contribution in [0.1, 0.15) is 0 Å². The van der Waals surface area contributed by atoms with Gasteiger partial charge in [-0.25, -0.2) is 0 Å². The maximum absolute atomic E-state index is 5.03. The van der Waals surface area contributed by atoms with E-state index in [2.05, 4.69) is 37.9 Å². The largest absolute Gasteiger partial charge is 0.496 e. The maximum atomic E-state index is 5.03. The average Bonchev–Trinajstić information content (AvgIpc) is 1.95. The molecule has 0 N–H and O–H groups in total. The van der Waals surface area contributed by atoms with E-state index in [1.54, 1.807) is 13.2 Å². The second-order valence-electron chi connectivity index (χ2n) is 1.67. The summed E-state index contributed by atoms with van der Waals surface area (Å²) in [6.07, 6.45) is 0. The van der Waals surface area contributed by atoms with Gasteiger partial charge in [0.05, 0.1) is 11.6 Å². The van der Waals surface area contributed by atoms with Gasteiger partial charge in [-0.2, -0.15) is 0 Å². The summed E-state index contributed by atoms with van der Waals surface area (Å²) in [5.74, 6) is 0.811. The Labute approximate surface area is 76.6 Å². The van der Waals surface area contributed by atoms with Gasteiger partial charge < -0.3 is 4.74 Å². The summed E-state index contributed by atoms with van der Waals surface area (Å²) >= 11 is 6.64. The number of hydrogen-bond acceptors (Lipinski definition) is 1. The van der Waals surface area contributed by atoms with Crippen LogP contribution in [-0.2, 0) is 0 Å². The molecule has 0 heterocycles. The first kappa shape index (κ1) is 8.08. The molecule has 0 aromatic heterocycles. The zero-order valence-corrected chi connectivity index (χ0v) is 8.49. The molecule has 3 heteroatoms. The van der Waals surface area contributed by atoms with Gasteiger partial charge in [0.1, 0.15) is 5.75 Å². The third-order valence-electron chi connectivity index (χ3n) is 1.07. The van der Waals surface area contributed by atoms with Gasteiger partial charge >= 0.3 is 0 Å². The highest BCUT2D eigenvalue weighted by atomic mass is 79.9. The summed E-state index contributed by atoms with van der Waals surface area (Å²) < 4.78 is 6.81. The van der Waals surface area contributed by atoms with Crippen molar-refractivity contribution >= 4 is 31.9 Å². The molecule has 1 aromatic carbocycles. The lowest BCUT2D eigenvalue weighted by molar-refractivity contribution is 0.412. The molecule has 1 rings (SSSR count). The molecule has 1 nitrogen and oxygen atoms in total. The smallest absolute Gasteiger partial charge is 0.134 e. The molecule has 0 amide bonds. The normalized spacial score (nSPS) is 9.50. The molecule has 1 radical (unpaired) electrons. The average molecular weight is 265 g/mol.